The summed E-state index contributed by atoms with van der Waals surface area (Å²) in [7, 11) is 0. The summed E-state index contributed by atoms with van der Waals surface area (Å²) in [5, 5.41) is 10.2. The molecule has 0 saturated carbocycles. The van der Waals surface area contributed by atoms with E-state index in [1.807, 2.05) is 0 Å². The highest BCUT2D eigenvalue weighted by Crippen LogP contribution is 2.29. The highest BCUT2D eigenvalue weighted by atomic mass is 19.4. The zero-order chi connectivity index (χ0) is 9.90. The average Bonchev–Trinajstić information content (AvgIpc) is 2.04. The van der Waals surface area contributed by atoms with Gasteiger partial charge in [0.1, 0.15) is 0 Å². The average molecular weight is 189 g/mol. The smallest absolute Gasteiger partial charge is 0.236 e. The SMILES string of the molecule is [O]CCc1cccc(C(F)(F)F)c1. The molecule has 1 aromatic carbocycles. The Balaban J connectivity index is 2.92. The Morgan fingerprint density at radius 2 is 1.92 bits per heavy atom. The molecule has 0 fully saturated rings. The Labute approximate surface area is 73.8 Å². The third-order valence-electron chi connectivity index (χ3n) is 1.65. The minimum absolute atomic E-state index is 0.143. The Kier molecular flexibility index (Phi) is 2.93. The van der Waals surface area contributed by atoms with Crippen molar-refractivity contribution < 1.29 is 18.3 Å². The summed E-state index contributed by atoms with van der Waals surface area (Å²) in [6, 6.07) is 4.84. The molecular formula is C9H8F3O. The number of hydrogen-bond acceptors (Lipinski definition) is 0. The van der Waals surface area contributed by atoms with Gasteiger partial charge in [0.15, 0.2) is 0 Å². The van der Waals surface area contributed by atoms with Crippen LogP contribution >= 0.6 is 0 Å². The van der Waals surface area contributed by atoms with Crippen LogP contribution in [0.15, 0.2) is 24.3 Å². The number of alkyl halides is 3. The molecule has 1 aromatic rings. The summed E-state index contributed by atoms with van der Waals surface area (Å²) in [5.74, 6) is 0. The van der Waals surface area contributed by atoms with Gasteiger partial charge < -0.3 is 0 Å². The number of rotatable bonds is 2. The summed E-state index contributed by atoms with van der Waals surface area (Å²) in [6.45, 7) is -0.388. The predicted molar refractivity (Wildman–Crippen MR) is 40.7 cm³/mol. The molecule has 0 aliphatic heterocycles. The maximum absolute atomic E-state index is 12.1. The van der Waals surface area contributed by atoms with Crippen molar-refractivity contribution in [1.82, 2.24) is 0 Å². The Hall–Kier alpha value is -1.03. The van der Waals surface area contributed by atoms with Crippen LogP contribution in [-0.2, 0) is 17.7 Å². The van der Waals surface area contributed by atoms with Gasteiger partial charge in [0.2, 0.25) is 0 Å². The Morgan fingerprint density at radius 1 is 1.23 bits per heavy atom. The molecule has 0 aliphatic rings. The minimum atomic E-state index is -4.32. The van der Waals surface area contributed by atoms with Crippen LogP contribution in [0.25, 0.3) is 0 Å². The van der Waals surface area contributed by atoms with E-state index in [1.165, 1.54) is 12.1 Å². The molecule has 71 valence electrons. The second-order valence-electron chi connectivity index (χ2n) is 2.65. The van der Waals surface area contributed by atoms with Crippen LogP contribution in [0, 0.1) is 0 Å². The van der Waals surface area contributed by atoms with Crippen LogP contribution in [0.5, 0.6) is 0 Å². The van der Waals surface area contributed by atoms with Gasteiger partial charge in [-0.3, -0.25) is 0 Å². The molecule has 0 N–H and O–H groups in total. The lowest BCUT2D eigenvalue weighted by atomic mass is 10.1. The van der Waals surface area contributed by atoms with Crippen molar-refractivity contribution in [3.8, 4) is 0 Å². The topological polar surface area (TPSA) is 19.9 Å². The quantitative estimate of drug-likeness (QED) is 0.681. The fourth-order valence-electron chi connectivity index (χ4n) is 1.02. The summed E-state index contributed by atoms with van der Waals surface area (Å²) in [6.07, 6.45) is -4.18. The van der Waals surface area contributed by atoms with E-state index in [0.29, 0.717) is 5.56 Å². The molecule has 0 bridgehead atoms. The van der Waals surface area contributed by atoms with Crippen molar-refractivity contribution in [2.45, 2.75) is 12.6 Å². The van der Waals surface area contributed by atoms with Crippen molar-refractivity contribution in [2.24, 2.45) is 0 Å². The van der Waals surface area contributed by atoms with Crippen LogP contribution in [0.4, 0.5) is 13.2 Å². The number of hydrogen-bond donors (Lipinski definition) is 0. The van der Waals surface area contributed by atoms with Gasteiger partial charge in [-0.25, -0.2) is 5.11 Å². The van der Waals surface area contributed by atoms with Crippen molar-refractivity contribution in [3.05, 3.63) is 35.4 Å². The van der Waals surface area contributed by atoms with E-state index in [9.17, 15) is 18.3 Å². The van der Waals surface area contributed by atoms with Gasteiger partial charge in [-0.2, -0.15) is 13.2 Å². The first kappa shape index (κ1) is 10.1. The minimum Gasteiger partial charge on any atom is -0.236 e. The maximum Gasteiger partial charge on any atom is 0.416 e. The van der Waals surface area contributed by atoms with Crippen molar-refractivity contribution in [2.75, 3.05) is 6.61 Å². The molecule has 0 amide bonds. The van der Waals surface area contributed by atoms with Gasteiger partial charge in [0.25, 0.3) is 0 Å². The van der Waals surface area contributed by atoms with Gasteiger partial charge in [-0.1, -0.05) is 18.2 Å². The van der Waals surface area contributed by atoms with E-state index in [-0.39, 0.29) is 13.0 Å². The lowest BCUT2D eigenvalue weighted by Gasteiger charge is -2.07. The first-order valence-corrected chi connectivity index (χ1v) is 3.78. The molecule has 0 aromatic heterocycles. The fourth-order valence-corrected chi connectivity index (χ4v) is 1.02. The van der Waals surface area contributed by atoms with Gasteiger partial charge in [0, 0.05) is 0 Å². The second kappa shape index (κ2) is 3.79. The second-order valence-corrected chi connectivity index (χ2v) is 2.65. The lowest BCUT2D eigenvalue weighted by Crippen LogP contribution is -2.05. The van der Waals surface area contributed by atoms with E-state index < -0.39 is 11.7 Å². The van der Waals surface area contributed by atoms with Gasteiger partial charge in [0.05, 0.1) is 12.2 Å². The molecule has 13 heavy (non-hydrogen) atoms. The fraction of sp³-hybridized carbons (Fsp3) is 0.333. The maximum atomic E-state index is 12.1. The van der Waals surface area contributed by atoms with E-state index >= 15 is 0 Å². The van der Waals surface area contributed by atoms with Gasteiger partial charge in [-0.15, -0.1) is 0 Å². The Bertz CT molecular complexity index is 280. The summed E-state index contributed by atoms with van der Waals surface area (Å²) >= 11 is 0. The van der Waals surface area contributed by atoms with Crippen LogP contribution in [0.3, 0.4) is 0 Å². The monoisotopic (exact) mass is 189 g/mol. The molecule has 0 aliphatic carbocycles. The number of benzene rings is 1. The molecule has 0 saturated heterocycles. The summed E-state index contributed by atoms with van der Waals surface area (Å²) in [4.78, 5) is 0. The van der Waals surface area contributed by atoms with Gasteiger partial charge in [-0.05, 0) is 18.1 Å². The van der Waals surface area contributed by atoms with Gasteiger partial charge >= 0.3 is 6.18 Å². The Morgan fingerprint density at radius 3 is 2.46 bits per heavy atom. The molecular weight excluding hydrogens is 181 g/mol. The molecule has 1 nitrogen and oxygen atoms in total. The van der Waals surface area contributed by atoms with E-state index in [0.717, 1.165) is 12.1 Å². The molecule has 1 radical (unpaired) electrons. The molecule has 1 rings (SSSR count). The van der Waals surface area contributed by atoms with Crippen LogP contribution < -0.4 is 0 Å². The third kappa shape index (κ3) is 2.73. The molecule has 4 heteroatoms. The van der Waals surface area contributed by atoms with Crippen LogP contribution in [-0.4, -0.2) is 6.61 Å². The van der Waals surface area contributed by atoms with E-state index in [2.05, 4.69) is 0 Å². The molecule has 0 atom stereocenters. The molecule has 0 spiro atoms. The normalized spacial score (nSPS) is 11.7. The summed E-state index contributed by atoms with van der Waals surface area (Å²) in [5.41, 5.74) is -0.261. The van der Waals surface area contributed by atoms with E-state index in [4.69, 9.17) is 0 Å². The van der Waals surface area contributed by atoms with Crippen LogP contribution in [0.1, 0.15) is 11.1 Å². The number of halogens is 3. The first-order valence-electron chi connectivity index (χ1n) is 3.78. The van der Waals surface area contributed by atoms with Crippen molar-refractivity contribution in [3.63, 3.8) is 0 Å². The zero-order valence-electron chi connectivity index (χ0n) is 6.77. The van der Waals surface area contributed by atoms with Crippen LogP contribution in [0.2, 0.25) is 0 Å². The van der Waals surface area contributed by atoms with Crippen molar-refractivity contribution >= 4 is 0 Å². The molecule has 0 unspecified atom stereocenters. The molecule has 0 heterocycles. The predicted octanol–water partition coefficient (Wildman–Crippen LogP) is 2.68. The summed E-state index contributed by atoms with van der Waals surface area (Å²) < 4.78 is 36.4. The highest BCUT2D eigenvalue weighted by molar-refractivity contribution is 5.25. The standard InChI is InChI=1S/C9H8F3O/c10-9(11,12)8-3-1-2-7(6-8)4-5-13/h1-3,6H,4-5H2. The lowest BCUT2D eigenvalue weighted by molar-refractivity contribution is -0.137. The highest BCUT2D eigenvalue weighted by Gasteiger charge is 2.30. The third-order valence-corrected chi connectivity index (χ3v) is 1.65. The van der Waals surface area contributed by atoms with Crippen molar-refractivity contribution in [1.29, 1.82) is 0 Å². The first-order chi connectivity index (χ1) is 6.04. The largest absolute Gasteiger partial charge is 0.416 e. The van der Waals surface area contributed by atoms with E-state index in [1.54, 1.807) is 0 Å². The zero-order valence-corrected chi connectivity index (χ0v) is 6.77.